The number of benzene rings is 1. The summed E-state index contributed by atoms with van der Waals surface area (Å²) in [4.78, 5) is 27.9. The molecule has 3 fully saturated rings. The van der Waals surface area contributed by atoms with Gasteiger partial charge in [-0.05, 0) is 50.2 Å². The van der Waals surface area contributed by atoms with Crippen molar-refractivity contribution in [3.05, 3.63) is 17.7 Å². The zero-order valence-corrected chi connectivity index (χ0v) is 18.3. The van der Waals surface area contributed by atoms with E-state index in [1.807, 2.05) is 13.1 Å². The highest BCUT2D eigenvalue weighted by molar-refractivity contribution is 6.06. The summed E-state index contributed by atoms with van der Waals surface area (Å²) >= 11 is 0. The predicted octanol–water partition coefficient (Wildman–Crippen LogP) is 2.04. The molecule has 31 heavy (non-hydrogen) atoms. The van der Waals surface area contributed by atoms with Gasteiger partial charge in [0.15, 0.2) is 5.75 Å². The van der Waals surface area contributed by atoms with Crippen LogP contribution in [0.2, 0.25) is 0 Å². The number of hydrogen-bond donors (Lipinski definition) is 2. The molecule has 0 spiro atoms. The van der Waals surface area contributed by atoms with Crippen LogP contribution in [-0.2, 0) is 4.79 Å². The highest BCUT2D eigenvalue weighted by Gasteiger charge is 2.51. The second-order valence-corrected chi connectivity index (χ2v) is 8.87. The molecule has 166 valence electrons. The largest absolute Gasteiger partial charge is 0.492 e. The Morgan fingerprint density at radius 1 is 1.39 bits per heavy atom. The van der Waals surface area contributed by atoms with Crippen LogP contribution >= 0.6 is 0 Å². The van der Waals surface area contributed by atoms with Gasteiger partial charge in [-0.2, -0.15) is 5.26 Å². The molecule has 3 aliphatic rings. The highest BCUT2D eigenvalue weighted by Crippen LogP contribution is 2.49. The molecule has 1 aliphatic heterocycles. The lowest BCUT2D eigenvalue weighted by Crippen LogP contribution is -2.40. The van der Waals surface area contributed by atoms with Crippen molar-refractivity contribution in [3.63, 3.8) is 0 Å². The lowest BCUT2D eigenvalue weighted by molar-refractivity contribution is -0.108. The van der Waals surface area contributed by atoms with E-state index in [1.165, 1.54) is 0 Å². The van der Waals surface area contributed by atoms with Gasteiger partial charge in [-0.15, -0.1) is 0 Å². The van der Waals surface area contributed by atoms with Crippen molar-refractivity contribution in [2.45, 2.75) is 50.1 Å². The molecule has 1 aromatic rings. The number of anilines is 2. The van der Waals surface area contributed by atoms with Gasteiger partial charge in [-0.1, -0.05) is 0 Å². The number of ether oxygens (including phenoxy) is 1. The summed E-state index contributed by atoms with van der Waals surface area (Å²) in [5, 5.41) is 14.7. The van der Waals surface area contributed by atoms with E-state index in [1.54, 1.807) is 13.2 Å². The van der Waals surface area contributed by atoms with Crippen LogP contribution < -0.4 is 25.2 Å². The van der Waals surface area contributed by atoms with Gasteiger partial charge in [0.05, 0.1) is 30.1 Å². The standard InChI is InChI=1S/C23H31N5O3/c1-27(17-4-5-17)20-18(22(30)25-15-29)6-7-19(21(20)31-2)28-13-8-16(14-28)23(9-10-23)26-12-3-11-24/h6-7,15-17,26H,3-5,8-10,12-14H2,1-2H3,(H,25,29,30). The average Bonchev–Trinajstić information content (AvgIpc) is 3.71. The fourth-order valence-corrected chi connectivity index (χ4v) is 4.98. The number of imide groups is 1. The van der Waals surface area contributed by atoms with Crippen LogP contribution in [0, 0.1) is 17.2 Å². The van der Waals surface area contributed by atoms with Gasteiger partial charge >= 0.3 is 0 Å². The van der Waals surface area contributed by atoms with Crippen LogP contribution in [0.15, 0.2) is 12.1 Å². The van der Waals surface area contributed by atoms with Crippen molar-refractivity contribution in [1.29, 1.82) is 5.26 Å². The number of nitrogens with zero attached hydrogens (tertiary/aromatic N) is 3. The van der Waals surface area contributed by atoms with Crippen LogP contribution in [0.1, 0.15) is 48.9 Å². The fourth-order valence-electron chi connectivity index (χ4n) is 4.98. The molecule has 8 heteroatoms. The third-order valence-electron chi connectivity index (χ3n) is 7.01. The van der Waals surface area contributed by atoms with Crippen molar-refractivity contribution in [2.24, 2.45) is 5.92 Å². The Labute approximate surface area is 183 Å². The maximum atomic E-state index is 12.6. The van der Waals surface area contributed by atoms with Gasteiger partial charge < -0.3 is 19.9 Å². The minimum atomic E-state index is -0.416. The van der Waals surface area contributed by atoms with Crippen molar-refractivity contribution in [3.8, 4) is 11.8 Å². The summed E-state index contributed by atoms with van der Waals surface area (Å²) in [7, 11) is 3.63. The molecule has 2 amide bonds. The maximum absolute atomic E-state index is 12.6. The van der Waals surface area contributed by atoms with E-state index < -0.39 is 5.91 Å². The summed E-state index contributed by atoms with van der Waals surface area (Å²) < 4.78 is 5.87. The first-order valence-electron chi connectivity index (χ1n) is 11.1. The van der Waals surface area contributed by atoms with E-state index in [-0.39, 0.29) is 5.54 Å². The number of methoxy groups -OCH3 is 1. The molecule has 0 aromatic heterocycles. The number of carbonyl (C=O) groups excluding carboxylic acids is 2. The van der Waals surface area contributed by atoms with Gasteiger partial charge in [0, 0.05) is 44.7 Å². The van der Waals surface area contributed by atoms with E-state index in [0.717, 1.165) is 63.1 Å². The van der Waals surface area contributed by atoms with E-state index in [4.69, 9.17) is 10.00 Å². The van der Waals surface area contributed by atoms with E-state index >= 15 is 0 Å². The summed E-state index contributed by atoms with van der Waals surface area (Å²) in [6.07, 6.45) is 6.53. The molecule has 0 bridgehead atoms. The topological polar surface area (TPSA) is 97.7 Å². The molecule has 2 aliphatic carbocycles. The van der Waals surface area contributed by atoms with E-state index in [0.29, 0.717) is 36.1 Å². The third kappa shape index (κ3) is 4.19. The Morgan fingerprint density at radius 2 is 2.16 bits per heavy atom. The minimum Gasteiger partial charge on any atom is -0.492 e. The quantitative estimate of drug-likeness (QED) is 0.437. The molecule has 1 heterocycles. The van der Waals surface area contributed by atoms with E-state index in [9.17, 15) is 9.59 Å². The van der Waals surface area contributed by atoms with Crippen molar-refractivity contribution in [2.75, 3.05) is 43.6 Å². The Morgan fingerprint density at radius 3 is 2.77 bits per heavy atom. The molecule has 2 saturated carbocycles. The second-order valence-electron chi connectivity index (χ2n) is 8.87. The minimum absolute atomic E-state index is 0.163. The lowest BCUT2D eigenvalue weighted by atomic mass is 9.96. The zero-order chi connectivity index (χ0) is 22.0. The van der Waals surface area contributed by atoms with Crippen molar-refractivity contribution in [1.82, 2.24) is 10.6 Å². The van der Waals surface area contributed by atoms with Crippen LogP contribution in [0.5, 0.6) is 5.75 Å². The summed E-state index contributed by atoms with van der Waals surface area (Å²) in [6, 6.07) is 6.34. The molecule has 0 radical (unpaired) electrons. The Bertz CT molecular complexity index is 888. The van der Waals surface area contributed by atoms with Crippen LogP contribution in [0.3, 0.4) is 0 Å². The molecule has 1 saturated heterocycles. The van der Waals surface area contributed by atoms with Gasteiger partial charge in [0.1, 0.15) is 0 Å². The van der Waals surface area contributed by atoms with Crippen LogP contribution in [-0.4, -0.2) is 57.7 Å². The highest BCUT2D eigenvalue weighted by atomic mass is 16.5. The lowest BCUT2D eigenvalue weighted by Gasteiger charge is -2.30. The molecular weight excluding hydrogens is 394 g/mol. The first-order chi connectivity index (χ1) is 15.0. The Hall–Kier alpha value is -2.79. The van der Waals surface area contributed by atoms with Gasteiger partial charge in [0.2, 0.25) is 6.41 Å². The monoisotopic (exact) mass is 425 g/mol. The first-order valence-corrected chi connectivity index (χ1v) is 11.1. The van der Waals surface area contributed by atoms with Crippen molar-refractivity contribution >= 4 is 23.7 Å². The first kappa shape index (κ1) is 21.4. The molecule has 4 rings (SSSR count). The van der Waals surface area contributed by atoms with Crippen molar-refractivity contribution < 1.29 is 14.3 Å². The number of rotatable bonds is 10. The smallest absolute Gasteiger partial charge is 0.259 e. The third-order valence-corrected chi connectivity index (χ3v) is 7.01. The van der Waals surface area contributed by atoms with Gasteiger partial charge in [-0.3, -0.25) is 14.9 Å². The summed E-state index contributed by atoms with van der Waals surface area (Å²) in [5.41, 5.74) is 2.35. The summed E-state index contributed by atoms with van der Waals surface area (Å²) in [6.45, 7) is 2.59. The number of nitriles is 1. The number of hydrogen-bond acceptors (Lipinski definition) is 7. The van der Waals surface area contributed by atoms with E-state index in [2.05, 4.69) is 26.5 Å². The second kappa shape index (κ2) is 8.75. The van der Waals surface area contributed by atoms with Gasteiger partial charge in [0.25, 0.3) is 5.91 Å². The molecule has 8 nitrogen and oxygen atoms in total. The fraction of sp³-hybridized carbons (Fsp3) is 0.609. The predicted molar refractivity (Wildman–Crippen MR) is 118 cm³/mol. The normalized spacial score (nSPS) is 21.3. The molecule has 2 N–H and O–H groups in total. The molecule has 1 aromatic carbocycles. The number of nitrogens with one attached hydrogen (secondary N) is 2. The SMILES string of the molecule is COc1c(N2CCC(C3(NCCC#N)CC3)C2)ccc(C(=O)NC=O)c1N(C)C1CC1. The van der Waals surface area contributed by atoms with Crippen LogP contribution in [0.25, 0.3) is 0 Å². The Balaban J connectivity index is 1.60. The molecule has 1 unspecified atom stereocenters. The Kier molecular flexibility index (Phi) is 6.05. The maximum Gasteiger partial charge on any atom is 0.259 e. The molecule has 1 atom stereocenters. The average molecular weight is 426 g/mol. The number of carbonyl (C=O) groups is 2. The van der Waals surface area contributed by atoms with Crippen LogP contribution in [0.4, 0.5) is 11.4 Å². The van der Waals surface area contributed by atoms with Gasteiger partial charge in [-0.25, -0.2) is 0 Å². The summed E-state index contributed by atoms with van der Waals surface area (Å²) in [5.74, 6) is 0.801. The zero-order valence-electron chi connectivity index (χ0n) is 18.3. The number of amides is 2. The molecular formula is C23H31N5O3.